The second kappa shape index (κ2) is 12.8. The molecule has 1 aliphatic carbocycles. The molecule has 11 nitrogen and oxygen atoms in total. The van der Waals surface area contributed by atoms with Crippen molar-refractivity contribution in [2.75, 3.05) is 5.32 Å². The van der Waals surface area contributed by atoms with Gasteiger partial charge in [0.15, 0.2) is 23.5 Å². The monoisotopic (exact) mass is 703 g/mol. The van der Waals surface area contributed by atoms with Gasteiger partial charge in [-0.3, -0.25) is 19.1 Å². The Morgan fingerprint density at radius 1 is 0.769 bits per heavy atom. The van der Waals surface area contributed by atoms with Crippen LogP contribution in [-0.4, -0.2) is 47.0 Å². The molecule has 1 aliphatic rings. The highest BCUT2D eigenvalue weighted by Crippen LogP contribution is 2.54. The summed E-state index contributed by atoms with van der Waals surface area (Å²) in [7, 11) is 1.73. The van der Waals surface area contributed by atoms with Crippen molar-refractivity contribution in [3.05, 3.63) is 104 Å². The number of nitrogens with one attached hydrogen (secondary N) is 1. The Morgan fingerprint density at radius 2 is 1.38 bits per heavy atom. The fourth-order valence-electron chi connectivity index (χ4n) is 7.49. The minimum atomic E-state index is -0.782. The molecule has 1 aromatic heterocycles. The zero-order valence-corrected chi connectivity index (χ0v) is 30.2. The minimum absolute atomic E-state index is 0.00529. The fraction of sp³-hybridized carbons (Fsp3) is 0.244. The summed E-state index contributed by atoms with van der Waals surface area (Å²) >= 11 is 0. The van der Waals surface area contributed by atoms with Gasteiger partial charge in [-0.1, -0.05) is 58.0 Å². The summed E-state index contributed by atoms with van der Waals surface area (Å²) in [4.78, 5) is 40.0. The van der Waals surface area contributed by atoms with E-state index in [-0.39, 0.29) is 62.0 Å². The van der Waals surface area contributed by atoms with Gasteiger partial charge in [0.25, 0.3) is 5.56 Å². The summed E-state index contributed by atoms with van der Waals surface area (Å²) in [5.74, 6) is -3.85. The first-order chi connectivity index (χ1) is 24.5. The number of aromatic hydroxyl groups is 4. The molecule has 0 unspecified atom stereocenters. The summed E-state index contributed by atoms with van der Waals surface area (Å²) in [6.45, 7) is 12.4. The third-order valence-corrected chi connectivity index (χ3v) is 10.0. The topological polar surface area (TPSA) is 174 Å². The Hall–Kier alpha value is -6.23. The van der Waals surface area contributed by atoms with Gasteiger partial charge in [-0.15, -0.1) is 0 Å². The number of aliphatic hydroxyl groups is 1. The molecule has 0 saturated carbocycles. The second-order valence-electron chi connectivity index (χ2n) is 13.9. The molecule has 0 saturated heterocycles. The first-order valence-electron chi connectivity index (χ1n) is 16.9. The molecule has 268 valence electrons. The molecular formula is C41H41N3O8. The molecule has 0 atom stereocenters. The average molecular weight is 704 g/mol. The predicted molar refractivity (Wildman–Crippen MR) is 202 cm³/mol. The maximum atomic E-state index is 14.0. The van der Waals surface area contributed by atoms with Crippen molar-refractivity contribution in [1.29, 1.82) is 0 Å². The minimum Gasteiger partial charge on any atom is -0.507 e. The number of phenols is 4. The van der Waals surface area contributed by atoms with Crippen LogP contribution in [0.1, 0.15) is 77.5 Å². The molecule has 52 heavy (non-hydrogen) atoms. The van der Waals surface area contributed by atoms with Gasteiger partial charge in [-0.2, -0.15) is 0 Å². The number of carbonyl (C=O) groups excluding carboxylic acids is 2. The number of hydrogen-bond donors (Lipinski definition) is 6. The van der Waals surface area contributed by atoms with E-state index in [1.807, 2.05) is 32.0 Å². The van der Waals surface area contributed by atoms with E-state index in [1.54, 1.807) is 70.6 Å². The number of fused-ring (bicyclic) bond motifs is 2. The van der Waals surface area contributed by atoms with Crippen LogP contribution < -0.4 is 10.9 Å². The van der Waals surface area contributed by atoms with Crippen molar-refractivity contribution >= 4 is 39.7 Å². The van der Waals surface area contributed by atoms with Gasteiger partial charge >= 0.3 is 0 Å². The van der Waals surface area contributed by atoms with Gasteiger partial charge in [0.1, 0.15) is 17.2 Å². The number of hydrogen-bond acceptors (Lipinski definition) is 9. The smallest absolute Gasteiger partial charge is 0.295 e. The number of carbonyl (C=O) groups is 2. The molecule has 0 radical (unpaired) electrons. The number of aldehydes is 1. The molecule has 5 aromatic rings. The first kappa shape index (κ1) is 35.6. The number of nitrogens with zero attached hydrogens (tertiary/aromatic N) is 2. The Balaban J connectivity index is 1.65. The maximum absolute atomic E-state index is 14.0. The molecule has 0 bridgehead atoms. The van der Waals surface area contributed by atoms with Crippen LogP contribution in [0.4, 0.5) is 5.69 Å². The number of benzene rings is 4. The molecule has 0 fully saturated rings. The van der Waals surface area contributed by atoms with Crippen molar-refractivity contribution in [1.82, 2.24) is 9.36 Å². The van der Waals surface area contributed by atoms with Gasteiger partial charge in [0.2, 0.25) is 5.78 Å². The molecule has 0 aliphatic heterocycles. The van der Waals surface area contributed by atoms with Gasteiger partial charge in [0.05, 0.1) is 22.5 Å². The second-order valence-corrected chi connectivity index (χ2v) is 13.9. The van der Waals surface area contributed by atoms with Crippen LogP contribution in [0.5, 0.6) is 23.0 Å². The number of para-hydroxylation sites is 1. The lowest BCUT2D eigenvalue weighted by Gasteiger charge is -2.28. The Labute approximate surface area is 300 Å². The van der Waals surface area contributed by atoms with E-state index in [9.17, 15) is 39.9 Å². The largest absolute Gasteiger partial charge is 0.507 e. The van der Waals surface area contributed by atoms with Crippen molar-refractivity contribution < 1.29 is 35.1 Å². The normalized spacial score (nSPS) is 13.9. The van der Waals surface area contributed by atoms with Crippen LogP contribution >= 0.6 is 0 Å². The molecule has 6 rings (SSSR count). The van der Waals surface area contributed by atoms with E-state index in [4.69, 9.17) is 0 Å². The van der Waals surface area contributed by atoms with Crippen molar-refractivity contribution in [3.63, 3.8) is 0 Å². The highest BCUT2D eigenvalue weighted by molar-refractivity contribution is 6.34. The Kier molecular flexibility index (Phi) is 8.78. The van der Waals surface area contributed by atoms with E-state index in [2.05, 4.69) is 5.32 Å². The number of aromatic nitrogens is 2. The van der Waals surface area contributed by atoms with Crippen LogP contribution in [0.3, 0.4) is 0 Å². The average Bonchev–Trinajstić information content (AvgIpc) is 3.30. The van der Waals surface area contributed by atoms with Gasteiger partial charge < -0.3 is 30.8 Å². The molecule has 0 spiro atoms. The van der Waals surface area contributed by atoms with Crippen LogP contribution in [-0.2, 0) is 11.8 Å². The SMILES string of the molecule is Cc1cc2c(c(O)c1-c1c(C)cc3c(C(C)C)c(O)c(O)c(C=O)c3c1O)/C(=C/Nc1c(C)n(C)n(-c3ccccc3)c1=O)C(=O)C(O)=C2C(C)C. The highest BCUT2D eigenvalue weighted by Gasteiger charge is 2.36. The molecule has 4 aromatic carbocycles. The standard InChI is InChI=1S/C41H41N3O8/c1-18(2)28-24-14-20(5)30(31-21(6)15-25-29(19(3)4)40(51)36(47)27(17-45)33(25)38(31)49)37(48)32(24)26(35(46)39(28)50)16-42-34-22(7)43(8)44(41(34)52)23-12-10-9-11-13-23/h9-19,42,47-51H,1-8H3/b26-16-. The molecule has 11 heteroatoms. The summed E-state index contributed by atoms with van der Waals surface area (Å²) in [5.41, 5.74) is 2.88. The summed E-state index contributed by atoms with van der Waals surface area (Å²) < 4.78 is 3.14. The number of rotatable bonds is 7. The number of aliphatic hydroxyl groups excluding tert-OH is 1. The first-order valence-corrected chi connectivity index (χ1v) is 16.9. The lowest BCUT2D eigenvalue weighted by molar-refractivity contribution is -0.112. The van der Waals surface area contributed by atoms with E-state index < -0.39 is 28.8 Å². The molecule has 6 N–H and O–H groups in total. The Morgan fingerprint density at radius 3 is 1.98 bits per heavy atom. The van der Waals surface area contributed by atoms with Gasteiger partial charge in [-0.05, 0) is 66.8 Å². The van der Waals surface area contributed by atoms with Crippen LogP contribution in [0.15, 0.2) is 59.2 Å². The zero-order valence-electron chi connectivity index (χ0n) is 30.2. The summed E-state index contributed by atoms with van der Waals surface area (Å²) in [6.07, 6.45) is 1.64. The number of Topliss-reactive ketones (excluding diaryl/α,β-unsaturated/α-hetero) is 1. The van der Waals surface area contributed by atoms with Crippen molar-refractivity contribution in [3.8, 4) is 39.8 Å². The van der Waals surface area contributed by atoms with Crippen molar-refractivity contribution in [2.45, 2.75) is 54.4 Å². The third kappa shape index (κ3) is 5.14. The van der Waals surface area contributed by atoms with Crippen LogP contribution in [0.2, 0.25) is 0 Å². The van der Waals surface area contributed by atoms with E-state index >= 15 is 0 Å². The highest BCUT2D eigenvalue weighted by atomic mass is 16.3. The van der Waals surface area contributed by atoms with Gasteiger partial charge in [-0.25, -0.2) is 4.68 Å². The van der Waals surface area contributed by atoms with Crippen LogP contribution in [0, 0.1) is 26.7 Å². The number of phenolic OH excluding ortho intramolecular Hbond substituents is 4. The van der Waals surface area contributed by atoms with Crippen molar-refractivity contribution in [2.24, 2.45) is 13.0 Å². The summed E-state index contributed by atoms with van der Waals surface area (Å²) in [6, 6.07) is 12.4. The molecule has 0 amide bonds. The number of ketones is 1. The van der Waals surface area contributed by atoms with E-state index in [1.165, 1.54) is 10.9 Å². The Bertz CT molecular complexity index is 2480. The summed E-state index contributed by atoms with van der Waals surface area (Å²) in [5, 5.41) is 60.5. The number of aryl methyl sites for hydroxylation is 2. The predicted octanol–water partition coefficient (Wildman–Crippen LogP) is 7.64. The lowest BCUT2D eigenvalue weighted by Crippen LogP contribution is -2.21. The number of anilines is 1. The van der Waals surface area contributed by atoms with Gasteiger partial charge in [0, 0.05) is 46.5 Å². The quantitative estimate of drug-likeness (QED) is 0.0565. The molecular weight excluding hydrogens is 662 g/mol. The maximum Gasteiger partial charge on any atom is 0.295 e. The zero-order chi connectivity index (χ0) is 38.1. The lowest BCUT2D eigenvalue weighted by atomic mass is 9.77. The third-order valence-electron chi connectivity index (χ3n) is 10.0. The van der Waals surface area contributed by atoms with E-state index in [0.717, 1.165) is 0 Å². The molecule has 1 heterocycles. The fourth-order valence-corrected chi connectivity index (χ4v) is 7.49. The van der Waals surface area contributed by atoms with E-state index in [0.29, 0.717) is 50.9 Å². The van der Waals surface area contributed by atoms with Crippen LogP contribution in [0.25, 0.3) is 38.7 Å². The number of allylic oxidation sites excluding steroid dienone is 2.